The molecule has 1 atom stereocenters. The van der Waals surface area contributed by atoms with Crippen molar-refractivity contribution in [2.45, 2.75) is 264 Å². The predicted molar refractivity (Wildman–Crippen MR) is 238 cm³/mol. The molecule has 0 radical (unpaired) electrons. The van der Waals surface area contributed by atoms with Crippen LogP contribution in [-0.4, -0.2) is 37.2 Å². The topological polar surface area (TPSA) is 78.9 Å². The van der Waals surface area contributed by atoms with Crippen molar-refractivity contribution in [1.82, 2.24) is 0 Å². The molecule has 0 aromatic heterocycles. The fourth-order valence-corrected chi connectivity index (χ4v) is 6.95. The van der Waals surface area contributed by atoms with Crippen LogP contribution >= 0.6 is 0 Å². The molecule has 6 nitrogen and oxygen atoms in total. The van der Waals surface area contributed by atoms with Crippen LogP contribution in [0.1, 0.15) is 258 Å². The van der Waals surface area contributed by atoms with Crippen molar-refractivity contribution >= 4 is 17.9 Å². The summed E-state index contributed by atoms with van der Waals surface area (Å²) >= 11 is 0. The van der Waals surface area contributed by atoms with Crippen molar-refractivity contribution in [3.8, 4) is 0 Å². The van der Waals surface area contributed by atoms with Gasteiger partial charge in [0.25, 0.3) is 0 Å². The van der Waals surface area contributed by atoms with Gasteiger partial charge < -0.3 is 14.2 Å². The van der Waals surface area contributed by atoms with E-state index in [-0.39, 0.29) is 31.1 Å². The molecule has 0 spiro atoms. The van der Waals surface area contributed by atoms with Crippen LogP contribution in [0.25, 0.3) is 0 Å². The number of hydrogen-bond donors (Lipinski definition) is 0. The van der Waals surface area contributed by atoms with Crippen LogP contribution in [-0.2, 0) is 28.6 Å². The van der Waals surface area contributed by atoms with Crippen LogP contribution in [0, 0.1) is 0 Å². The highest BCUT2D eigenvalue weighted by molar-refractivity contribution is 5.71. The Balaban J connectivity index is 4.37. The van der Waals surface area contributed by atoms with E-state index >= 15 is 0 Å². The molecular formula is C50H92O6. The van der Waals surface area contributed by atoms with Gasteiger partial charge in [0.2, 0.25) is 0 Å². The summed E-state index contributed by atoms with van der Waals surface area (Å²) in [7, 11) is 0. The lowest BCUT2D eigenvalue weighted by molar-refractivity contribution is -0.167. The fourth-order valence-electron chi connectivity index (χ4n) is 6.95. The number of hydrogen-bond acceptors (Lipinski definition) is 6. The molecule has 0 saturated heterocycles. The molecule has 0 fully saturated rings. The lowest BCUT2D eigenvalue weighted by atomic mass is 10.0. The van der Waals surface area contributed by atoms with E-state index in [2.05, 4.69) is 45.1 Å². The molecule has 0 aliphatic rings. The van der Waals surface area contributed by atoms with E-state index in [1.165, 1.54) is 141 Å². The molecule has 328 valence electrons. The lowest BCUT2D eigenvalue weighted by Gasteiger charge is -2.18. The Morgan fingerprint density at radius 1 is 0.339 bits per heavy atom. The van der Waals surface area contributed by atoms with Crippen LogP contribution in [0.2, 0.25) is 0 Å². The average molecular weight is 789 g/mol. The molecule has 0 aliphatic carbocycles. The van der Waals surface area contributed by atoms with Gasteiger partial charge in [-0.15, -0.1) is 0 Å². The Kier molecular flexibility index (Phi) is 43.9. The first-order chi connectivity index (χ1) is 27.5. The van der Waals surface area contributed by atoms with Gasteiger partial charge in [-0.3, -0.25) is 14.4 Å². The molecule has 6 heteroatoms. The van der Waals surface area contributed by atoms with E-state index in [0.717, 1.165) is 77.0 Å². The van der Waals surface area contributed by atoms with Gasteiger partial charge >= 0.3 is 17.9 Å². The first kappa shape index (κ1) is 53.9. The van der Waals surface area contributed by atoms with Gasteiger partial charge in [0.05, 0.1) is 0 Å². The molecule has 0 rings (SSSR count). The summed E-state index contributed by atoms with van der Waals surface area (Å²) in [6.07, 6.45) is 50.1. The third-order valence-corrected chi connectivity index (χ3v) is 10.7. The summed E-state index contributed by atoms with van der Waals surface area (Å²) in [6.45, 7) is 6.59. The van der Waals surface area contributed by atoms with Crippen molar-refractivity contribution in [2.75, 3.05) is 13.2 Å². The zero-order valence-electron chi connectivity index (χ0n) is 37.4. The zero-order chi connectivity index (χ0) is 40.8. The van der Waals surface area contributed by atoms with E-state index in [1.807, 2.05) is 0 Å². The molecule has 56 heavy (non-hydrogen) atoms. The van der Waals surface area contributed by atoms with E-state index < -0.39 is 6.10 Å². The first-order valence-electron chi connectivity index (χ1n) is 24.3. The maximum Gasteiger partial charge on any atom is 0.306 e. The van der Waals surface area contributed by atoms with Crippen LogP contribution in [0.15, 0.2) is 24.3 Å². The van der Waals surface area contributed by atoms with Gasteiger partial charge in [-0.2, -0.15) is 0 Å². The summed E-state index contributed by atoms with van der Waals surface area (Å²) in [5.74, 6) is -0.894. The third kappa shape index (κ3) is 43.0. The van der Waals surface area contributed by atoms with E-state index in [9.17, 15) is 14.4 Å². The van der Waals surface area contributed by atoms with Crippen molar-refractivity contribution in [3.63, 3.8) is 0 Å². The smallest absolute Gasteiger partial charge is 0.306 e. The van der Waals surface area contributed by atoms with Gasteiger partial charge in [0, 0.05) is 19.3 Å². The summed E-state index contributed by atoms with van der Waals surface area (Å²) in [6, 6.07) is 0. The molecule has 0 N–H and O–H groups in total. The zero-order valence-corrected chi connectivity index (χ0v) is 37.4. The SMILES string of the molecule is CCCC/C=C\CCCCCCCC(=O)OCC(COC(=O)CCCCC/C=C\CCCCCCCCC)OC(=O)CCCCCCCCCCCCCCC. The second-order valence-electron chi connectivity index (χ2n) is 16.4. The van der Waals surface area contributed by atoms with E-state index in [1.54, 1.807) is 0 Å². The van der Waals surface area contributed by atoms with Gasteiger partial charge in [-0.25, -0.2) is 0 Å². The van der Waals surface area contributed by atoms with Crippen molar-refractivity contribution in [2.24, 2.45) is 0 Å². The summed E-state index contributed by atoms with van der Waals surface area (Å²) in [5.41, 5.74) is 0. The Bertz CT molecular complexity index is 911. The normalized spacial score (nSPS) is 12.1. The molecule has 0 heterocycles. The molecule has 0 amide bonds. The highest BCUT2D eigenvalue weighted by Crippen LogP contribution is 2.15. The van der Waals surface area contributed by atoms with Crippen LogP contribution in [0.4, 0.5) is 0 Å². The molecule has 0 aromatic carbocycles. The fraction of sp³-hybridized carbons (Fsp3) is 0.860. The number of esters is 3. The van der Waals surface area contributed by atoms with Crippen molar-refractivity contribution in [1.29, 1.82) is 0 Å². The van der Waals surface area contributed by atoms with Crippen molar-refractivity contribution < 1.29 is 28.6 Å². The Morgan fingerprint density at radius 3 is 0.964 bits per heavy atom. The number of carbonyl (C=O) groups excluding carboxylic acids is 3. The molecular weight excluding hydrogens is 697 g/mol. The maximum atomic E-state index is 12.7. The maximum absolute atomic E-state index is 12.7. The van der Waals surface area contributed by atoms with Crippen LogP contribution < -0.4 is 0 Å². The average Bonchev–Trinajstić information content (AvgIpc) is 3.19. The minimum atomic E-state index is -0.774. The first-order valence-corrected chi connectivity index (χ1v) is 24.3. The van der Waals surface area contributed by atoms with E-state index in [4.69, 9.17) is 14.2 Å². The second-order valence-corrected chi connectivity index (χ2v) is 16.4. The van der Waals surface area contributed by atoms with Gasteiger partial charge in [-0.1, -0.05) is 199 Å². The van der Waals surface area contributed by atoms with Gasteiger partial charge in [-0.05, 0) is 64.2 Å². The Labute approximate surface area is 347 Å². The number of unbranched alkanes of at least 4 members (excludes halogenated alkanes) is 29. The van der Waals surface area contributed by atoms with Crippen molar-refractivity contribution in [3.05, 3.63) is 24.3 Å². The Hall–Kier alpha value is -2.11. The minimum Gasteiger partial charge on any atom is -0.462 e. The largest absolute Gasteiger partial charge is 0.462 e. The van der Waals surface area contributed by atoms with Crippen LogP contribution in [0.5, 0.6) is 0 Å². The minimum absolute atomic E-state index is 0.0774. The lowest BCUT2D eigenvalue weighted by Crippen LogP contribution is -2.30. The number of rotatable bonds is 44. The highest BCUT2D eigenvalue weighted by Gasteiger charge is 2.19. The quantitative estimate of drug-likeness (QED) is 0.0265. The number of carbonyl (C=O) groups is 3. The summed E-state index contributed by atoms with van der Waals surface area (Å²) in [4.78, 5) is 37.8. The van der Waals surface area contributed by atoms with E-state index in [0.29, 0.717) is 19.3 Å². The van der Waals surface area contributed by atoms with Gasteiger partial charge in [0.15, 0.2) is 6.10 Å². The molecule has 1 unspecified atom stereocenters. The second kappa shape index (κ2) is 45.6. The van der Waals surface area contributed by atoms with Crippen LogP contribution in [0.3, 0.4) is 0 Å². The highest BCUT2D eigenvalue weighted by atomic mass is 16.6. The molecule has 0 saturated carbocycles. The number of allylic oxidation sites excluding steroid dienone is 4. The molecule has 0 aromatic rings. The Morgan fingerprint density at radius 2 is 0.607 bits per heavy atom. The van der Waals surface area contributed by atoms with Gasteiger partial charge in [0.1, 0.15) is 13.2 Å². The monoisotopic (exact) mass is 789 g/mol. The summed E-state index contributed by atoms with van der Waals surface area (Å²) < 4.78 is 16.7. The predicted octanol–water partition coefficient (Wildman–Crippen LogP) is 15.6. The molecule has 0 aliphatic heterocycles. The standard InChI is InChI=1S/C50H92O6/c1-4-7-10-13-16-19-22-24-26-28-31-34-37-40-43-49(52)55-46-47(45-54-48(51)42-39-36-33-30-27-21-18-15-12-9-6-3)56-50(53)44-41-38-35-32-29-25-23-20-17-14-11-8-5-2/h15,18,26,28,47H,4-14,16-17,19-25,27,29-46H2,1-3H3/b18-15-,28-26-. The third-order valence-electron chi connectivity index (χ3n) is 10.7. The summed E-state index contributed by atoms with van der Waals surface area (Å²) in [5, 5.41) is 0. The number of ether oxygens (including phenoxy) is 3. The molecule has 0 bridgehead atoms.